The minimum atomic E-state index is -0.0637. The molecule has 31 heavy (non-hydrogen) atoms. The molecule has 1 N–H and O–H groups in total. The smallest absolute Gasteiger partial charge is 0.318 e. The van der Waals surface area contributed by atoms with E-state index < -0.39 is 0 Å². The molecule has 1 aromatic heterocycles. The Morgan fingerprint density at radius 3 is 2.55 bits per heavy atom. The summed E-state index contributed by atoms with van der Waals surface area (Å²) in [5.74, 6) is 0.0522. The van der Waals surface area contributed by atoms with Gasteiger partial charge in [0.2, 0.25) is 5.91 Å². The monoisotopic (exact) mass is 437 g/mol. The van der Waals surface area contributed by atoms with Crippen LogP contribution in [0.5, 0.6) is 0 Å². The van der Waals surface area contributed by atoms with Crippen LogP contribution < -0.4 is 5.32 Å². The normalized spacial score (nSPS) is 21.4. The van der Waals surface area contributed by atoms with E-state index in [-0.39, 0.29) is 36.6 Å². The quantitative estimate of drug-likeness (QED) is 0.735. The zero-order chi connectivity index (χ0) is 21.2. The summed E-state index contributed by atoms with van der Waals surface area (Å²) in [6.07, 6.45) is 8.63. The fraction of sp³-hybridized carbons (Fsp3) is 0.520. The Balaban J connectivity index is 1.33. The zero-order valence-corrected chi connectivity index (χ0v) is 18.8. The van der Waals surface area contributed by atoms with Crippen LogP contribution in [-0.2, 0) is 11.2 Å². The number of carbonyl (C=O) groups is 2. The van der Waals surface area contributed by atoms with Crippen LogP contribution in [-0.4, -0.2) is 46.9 Å². The lowest BCUT2D eigenvalue weighted by molar-refractivity contribution is -0.134. The third-order valence-corrected chi connectivity index (χ3v) is 7.88. The molecule has 5 nitrogen and oxygen atoms in total. The van der Waals surface area contributed by atoms with Crippen molar-refractivity contribution >= 4 is 23.3 Å². The standard InChI is InChI=1S/C25H31N3O2S/c29-23(17-28(20-11-12-20)25(30)26-19-9-5-2-6-10-19)27-15-13-22-21(14-16-31-22)24(27)18-7-3-1-4-8-18/h1,3-4,7-8,14,16,19-20,24H,2,5-6,9-13,15,17H2,(H,26,30). The molecule has 2 aromatic rings. The van der Waals surface area contributed by atoms with Crippen molar-refractivity contribution in [2.45, 2.75) is 69.5 Å². The Morgan fingerprint density at radius 2 is 1.81 bits per heavy atom. The van der Waals surface area contributed by atoms with Crippen LogP contribution in [0.1, 0.15) is 67.0 Å². The lowest BCUT2D eigenvalue weighted by atomic mass is 9.93. The van der Waals surface area contributed by atoms with Gasteiger partial charge in [-0.2, -0.15) is 0 Å². The molecule has 3 aliphatic rings. The molecule has 2 aliphatic carbocycles. The minimum absolute atomic E-state index is 0.0488. The van der Waals surface area contributed by atoms with Crippen molar-refractivity contribution in [1.82, 2.24) is 15.1 Å². The minimum Gasteiger partial charge on any atom is -0.335 e. The van der Waals surface area contributed by atoms with E-state index in [0.29, 0.717) is 6.54 Å². The molecule has 164 valence electrons. The van der Waals surface area contributed by atoms with E-state index in [4.69, 9.17) is 0 Å². The summed E-state index contributed by atoms with van der Waals surface area (Å²) in [7, 11) is 0. The van der Waals surface area contributed by atoms with Crippen LogP contribution in [0.15, 0.2) is 41.8 Å². The van der Waals surface area contributed by atoms with E-state index in [1.54, 1.807) is 11.3 Å². The molecule has 0 bridgehead atoms. The second-order valence-electron chi connectivity index (χ2n) is 9.09. The van der Waals surface area contributed by atoms with Gasteiger partial charge in [0, 0.05) is 23.5 Å². The van der Waals surface area contributed by atoms with Gasteiger partial charge >= 0.3 is 6.03 Å². The highest BCUT2D eigenvalue weighted by Crippen LogP contribution is 2.38. The van der Waals surface area contributed by atoms with Crippen molar-refractivity contribution < 1.29 is 9.59 Å². The third kappa shape index (κ3) is 4.49. The van der Waals surface area contributed by atoms with Crippen LogP contribution in [0, 0.1) is 0 Å². The van der Waals surface area contributed by atoms with Crippen LogP contribution in [0.3, 0.4) is 0 Å². The number of urea groups is 1. The molecule has 0 radical (unpaired) electrons. The largest absolute Gasteiger partial charge is 0.335 e. The van der Waals surface area contributed by atoms with Gasteiger partial charge in [-0.25, -0.2) is 4.79 Å². The highest BCUT2D eigenvalue weighted by molar-refractivity contribution is 7.10. The summed E-state index contributed by atoms with van der Waals surface area (Å²) in [6, 6.07) is 12.8. The van der Waals surface area contributed by atoms with Crippen molar-refractivity contribution in [3.05, 3.63) is 57.8 Å². The highest BCUT2D eigenvalue weighted by atomic mass is 32.1. The molecule has 1 atom stereocenters. The molecule has 0 saturated heterocycles. The summed E-state index contributed by atoms with van der Waals surface area (Å²) >= 11 is 1.78. The van der Waals surface area contributed by atoms with Crippen molar-refractivity contribution in [3.8, 4) is 0 Å². The Morgan fingerprint density at radius 1 is 1.03 bits per heavy atom. The summed E-state index contributed by atoms with van der Waals surface area (Å²) < 4.78 is 0. The zero-order valence-electron chi connectivity index (χ0n) is 18.0. The van der Waals surface area contributed by atoms with Gasteiger partial charge in [-0.05, 0) is 54.7 Å². The maximum atomic E-state index is 13.6. The molecular weight excluding hydrogens is 406 g/mol. The fourth-order valence-electron chi connectivity index (χ4n) is 5.07. The van der Waals surface area contributed by atoms with Crippen LogP contribution in [0.25, 0.3) is 0 Å². The molecule has 6 heteroatoms. The lowest BCUT2D eigenvalue weighted by Gasteiger charge is -2.38. The average Bonchev–Trinajstić information content (AvgIpc) is 3.53. The Kier molecular flexibility index (Phi) is 5.99. The molecular formula is C25H31N3O2S. The Labute approximate surface area is 188 Å². The lowest BCUT2D eigenvalue weighted by Crippen LogP contribution is -2.51. The first-order valence-corrected chi connectivity index (χ1v) is 12.6. The number of nitrogens with one attached hydrogen (secondary N) is 1. The maximum Gasteiger partial charge on any atom is 0.318 e. The molecule has 1 unspecified atom stereocenters. The van der Waals surface area contributed by atoms with Gasteiger partial charge in [-0.3, -0.25) is 4.79 Å². The van der Waals surface area contributed by atoms with Crippen LogP contribution in [0.4, 0.5) is 4.79 Å². The second-order valence-corrected chi connectivity index (χ2v) is 10.1. The third-order valence-electron chi connectivity index (χ3n) is 6.89. The van der Waals surface area contributed by atoms with Crippen molar-refractivity contribution in [3.63, 3.8) is 0 Å². The van der Waals surface area contributed by atoms with E-state index in [9.17, 15) is 9.59 Å². The predicted molar refractivity (Wildman–Crippen MR) is 123 cm³/mol. The first-order chi connectivity index (χ1) is 15.2. The number of hydrogen-bond acceptors (Lipinski definition) is 3. The summed E-state index contributed by atoms with van der Waals surface area (Å²) in [4.78, 5) is 31.8. The average molecular weight is 438 g/mol. The Hall–Kier alpha value is -2.34. The molecule has 1 aromatic carbocycles. The first kappa shape index (κ1) is 20.6. The van der Waals surface area contributed by atoms with Gasteiger partial charge in [0.15, 0.2) is 0 Å². The van der Waals surface area contributed by atoms with Crippen LogP contribution >= 0.6 is 11.3 Å². The van der Waals surface area contributed by atoms with E-state index in [2.05, 4.69) is 28.9 Å². The summed E-state index contributed by atoms with van der Waals surface area (Å²) in [5, 5.41) is 5.35. The van der Waals surface area contributed by atoms with Gasteiger partial charge in [-0.15, -0.1) is 11.3 Å². The SMILES string of the molecule is O=C(NC1CCCCC1)N(CC(=O)N1CCc2sccc2C1c1ccccc1)C1CC1. The summed E-state index contributed by atoms with van der Waals surface area (Å²) in [6.45, 7) is 0.876. The second kappa shape index (κ2) is 9.03. The van der Waals surface area contributed by atoms with Crippen molar-refractivity contribution in [2.75, 3.05) is 13.1 Å². The molecule has 1 aliphatic heterocycles. The molecule has 2 saturated carbocycles. The van der Waals surface area contributed by atoms with Gasteiger partial charge < -0.3 is 15.1 Å². The van der Waals surface area contributed by atoms with Gasteiger partial charge in [-0.1, -0.05) is 49.6 Å². The van der Waals surface area contributed by atoms with E-state index in [0.717, 1.165) is 37.7 Å². The number of rotatable bonds is 5. The van der Waals surface area contributed by atoms with Gasteiger partial charge in [0.25, 0.3) is 0 Å². The number of benzene rings is 1. The van der Waals surface area contributed by atoms with E-state index >= 15 is 0 Å². The first-order valence-electron chi connectivity index (χ1n) is 11.7. The van der Waals surface area contributed by atoms with Gasteiger partial charge in [0.1, 0.15) is 6.54 Å². The molecule has 0 spiro atoms. The van der Waals surface area contributed by atoms with Crippen LogP contribution in [0.2, 0.25) is 0 Å². The fourth-order valence-corrected chi connectivity index (χ4v) is 5.98. The number of hydrogen-bond donors (Lipinski definition) is 1. The molecule has 2 fully saturated rings. The molecule has 2 heterocycles. The predicted octanol–water partition coefficient (Wildman–Crippen LogP) is 4.73. The maximum absolute atomic E-state index is 13.6. The van der Waals surface area contributed by atoms with Gasteiger partial charge in [0.05, 0.1) is 6.04 Å². The Bertz CT molecular complexity index is 918. The van der Waals surface area contributed by atoms with E-state index in [1.807, 2.05) is 28.0 Å². The molecule has 3 amide bonds. The highest BCUT2D eigenvalue weighted by Gasteiger charge is 2.38. The number of nitrogens with zero attached hydrogens (tertiary/aromatic N) is 2. The number of carbonyl (C=O) groups excluding carboxylic acids is 2. The number of amides is 3. The topological polar surface area (TPSA) is 52.7 Å². The van der Waals surface area contributed by atoms with E-state index in [1.165, 1.54) is 29.7 Å². The van der Waals surface area contributed by atoms with Crippen molar-refractivity contribution in [1.29, 1.82) is 0 Å². The molecule has 5 rings (SSSR count). The number of fused-ring (bicyclic) bond motifs is 1. The summed E-state index contributed by atoms with van der Waals surface area (Å²) in [5.41, 5.74) is 2.38. The number of thiophene rings is 1. The van der Waals surface area contributed by atoms with Crippen molar-refractivity contribution in [2.24, 2.45) is 0 Å².